The van der Waals surface area contributed by atoms with Crippen molar-refractivity contribution in [2.75, 3.05) is 0 Å². The molecule has 1 nitrogen and oxygen atoms in total. The van der Waals surface area contributed by atoms with Gasteiger partial charge >= 0.3 is 0 Å². The van der Waals surface area contributed by atoms with E-state index in [0.29, 0.717) is 0 Å². The zero-order valence-corrected chi connectivity index (χ0v) is 10.6. The minimum absolute atomic E-state index is 0.264. The molecule has 17 heavy (non-hydrogen) atoms. The van der Waals surface area contributed by atoms with Gasteiger partial charge in [-0.15, -0.1) is 0 Å². The zero-order chi connectivity index (χ0) is 11.7. The van der Waals surface area contributed by atoms with Crippen LogP contribution in [-0.2, 0) is 0 Å². The summed E-state index contributed by atoms with van der Waals surface area (Å²) in [7, 11) is 0. The molecule has 0 amide bonds. The fraction of sp³-hybridized carbons (Fsp3) is 0.625. The second-order valence-electron chi connectivity index (χ2n) is 5.94. The van der Waals surface area contributed by atoms with E-state index in [9.17, 15) is 0 Å². The zero-order valence-electron chi connectivity index (χ0n) is 10.6. The van der Waals surface area contributed by atoms with E-state index in [1.54, 1.807) is 0 Å². The molecule has 1 heteroatoms. The van der Waals surface area contributed by atoms with Crippen molar-refractivity contribution < 1.29 is 0 Å². The van der Waals surface area contributed by atoms with Gasteiger partial charge in [0.15, 0.2) is 0 Å². The molecule has 0 bridgehead atoms. The summed E-state index contributed by atoms with van der Waals surface area (Å²) in [5.41, 5.74) is 9.22. The number of nitrogens with two attached hydrogens (primary N) is 1. The topological polar surface area (TPSA) is 26.0 Å². The second-order valence-corrected chi connectivity index (χ2v) is 5.94. The fourth-order valence-electron chi connectivity index (χ4n) is 3.01. The van der Waals surface area contributed by atoms with Crippen LogP contribution in [0.2, 0.25) is 0 Å². The first-order valence-electron chi connectivity index (χ1n) is 7.18. The van der Waals surface area contributed by atoms with E-state index in [4.69, 9.17) is 5.73 Å². The van der Waals surface area contributed by atoms with Gasteiger partial charge < -0.3 is 5.73 Å². The summed E-state index contributed by atoms with van der Waals surface area (Å²) in [5, 5.41) is 0. The van der Waals surface area contributed by atoms with Gasteiger partial charge in [0.05, 0.1) is 0 Å². The first-order chi connectivity index (χ1) is 8.33. The maximum Gasteiger partial charge on any atom is 0.0297 e. The molecule has 0 aliphatic heterocycles. The van der Waals surface area contributed by atoms with E-state index in [2.05, 4.69) is 24.3 Å². The summed E-state index contributed by atoms with van der Waals surface area (Å²) in [4.78, 5) is 0. The lowest BCUT2D eigenvalue weighted by Crippen LogP contribution is -2.20. The molecule has 1 atom stereocenters. The predicted octanol–water partition coefficient (Wildman–Crippen LogP) is 4.14. The van der Waals surface area contributed by atoms with Crippen molar-refractivity contribution in [1.82, 2.24) is 0 Å². The van der Waals surface area contributed by atoms with E-state index < -0.39 is 0 Å². The van der Waals surface area contributed by atoms with Crippen LogP contribution in [0.5, 0.6) is 0 Å². The average molecular weight is 229 g/mol. The van der Waals surface area contributed by atoms with Gasteiger partial charge in [0.1, 0.15) is 0 Å². The van der Waals surface area contributed by atoms with E-state index >= 15 is 0 Å². The smallest absolute Gasteiger partial charge is 0.0297 e. The van der Waals surface area contributed by atoms with Gasteiger partial charge in [0.2, 0.25) is 0 Å². The lowest BCUT2D eigenvalue weighted by Gasteiger charge is -2.29. The summed E-state index contributed by atoms with van der Waals surface area (Å²) < 4.78 is 0. The molecule has 2 N–H and O–H groups in total. The van der Waals surface area contributed by atoms with Crippen molar-refractivity contribution >= 4 is 0 Å². The third kappa shape index (κ3) is 2.40. The normalized spacial score (nSPS) is 22.9. The van der Waals surface area contributed by atoms with Crippen LogP contribution in [0.3, 0.4) is 0 Å². The van der Waals surface area contributed by atoms with E-state index in [1.165, 1.54) is 56.1 Å². The van der Waals surface area contributed by atoms with Crippen LogP contribution in [0.1, 0.15) is 68.0 Å². The molecule has 1 aromatic rings. The van der Waals surface area contributed by atoms with Gasteiger partial charge in [0.25, 0.3) is 0 Å². The van der Waals surface area contributed by atoms with Crippen LogP contribution in [-0.4, -0.2) is 0 Å². The Morgan fingerprint density at radius 2 is 1.88 bits per heavy atom. The van der Waals surface area contributed by atoms with Crippen LogP contribution >= 0.6 is 0 Å². The Morgan fingerprint density at radius 3 is 2.47 bits per heavy atom. The van der Waals surface area contributed by atoms with Crippen LogP contribution in [0.4, 0.5) is 0 Å². The number of hydrogen-bond acceptors (Lipinski definition) is 1. The van der Waals surface area contributed by atoms with Crippen molar-refractivity contribution in [3.8, 4) is 0 Å². The monoisotopic (exact) mass is 229 g/mol. The van der Waals surface area contributed by atoms with Gasteiger partial charge in [-0.2, -0.15) is 0 Å². The van der Waals surface area contributed by atoms with Crippen molar-refractivity contribution in [3.63, 3.8) is 0 Å². The Kier molecular flexibility index (Phi) is 3.19. The highest BCUT2D eigenvalue weighted by Crippen LogP contribution is 2.38. The molecule has 0 spiro atoms. The second kappa shape index (κ2) is 4.81. The Balaban J connectivity index is 1.67. The highest BCUT2D eigenvalue weighted by molar-refractivity contribution is 5.29. The van der Waals surface area contributed by atoms with Gasteiger partial charge in [-0.3, -0.25) is 0 Å². The van der Waals surface area contributed by atoms with Crippen molar-refractivity contribution in [1.29, 1.82) is 0 Å². The summed E-state index contributed by atoms with van der Waals surface area (Å²) in [6.07, 6.45) is 9.56. The largest absolute Gasteiger partial charge is 0.324 e. The minimum atomic E-state index is 0.264. The number of benzene rings is 1. The van der Waals surface area contributed by atoms with Crippen molar-refractivity contribution in [3.05, 3.63) is 35.4 Å². The molecule has 0 radical (unpaired) electrons. The Labute approximate surface area is 104 Å². The Hall–Kier alpha value is -0.820. The SMILES string of the molecule is NC(CC1CCC1)c1cccc(C2CCC2)c1. The molecule has 2 saturated carbocycles. The maximum atomic E-state index is 6.33. The molecule has 0 aromatic heterocycles. The van der Waals surface area contributed by atoms with Gasteiger partial charge in [0, 0.05) is 6.04 Å². The maximum absolute atomic E-state index is 6.33. The highest BCUT2D eigenvalue weighted by Gasteiger charge is 2.23. The Morgan fingerprint density at radius 1 is 1.12 bits per heavy atom. The van der Waals surface area contributed by atoms with E-state index in [-0.39, 0.29) is 6.04 Å². The summed E-state index contributed by atoms with van der Waals surface area (Å²) in [5.74, 6) is 1.73. The van der Waals surface area contributed by atoms with Crippen LogP contribution < -0.4 is 5.73 Å². The number of hydrogen-bond donors (Lipinski definition) is 1. The lowest BCUT2D eigenvalue weighted by molar-refractivity contribution is 0.277. The van der Waals surface area contributed by atoms with Gasteiger partial charge in [-0.1, -0.05) is 49.9 Å². The molecule has 1 unspecified atom stereocenters. The molecule has 2 fully saturated rings. The molecular formula is C16H23N. The van der Waals surface area contributed by atoms with Crippen LogP contribution in [0.15, 0.2) is 24.3 Å². The first-order valence-corrected chi connectivity index (χ1v) is 7.18. The minimum Gasteiger partial charge on any atom is -0.324 e. The highest BCUT2D eigenvalue weighted by atomic mass is 14.6. The first kappa shape index (κ1) is 11.3. The van der Waals surface area contributed by atoms with Crippen LogP contribution in [0.25, 0.3) is 0 Å². The number of rotatable bonds is 4. The molecule has 1 aromatic carbocycles. The molecule has 92 valence electrons. The molecule has 3 rings (SSSR count). The summed E-state index contributed by atoms with van der Waals surface area (Å²) in [6.45, 7) is 0. The lowest BCUT2D eigenvalue weighted by atomic mass is 9.77. The average Bonchev–Trinajstić information content (AvgIpc) is 2.21. The summed E-state index contributed by atoms with van der Waals surface area (Å²) >= 11 is 0. The quantitative estimate of drug-likeness (QED) is 0.825. The van der Waals surface area contributed by atoms with E-state index in [0.717, 1.165) is 11.8 Å². The van der Waals surface area contributed by atoms with Gasteiger partial charge in [-0.25, -0.2) is 0 Å². The predicted molar refractivity (Wildman–Crippen MR) is 71.9 cm³/mol. The summed E-state index contributed by atoms with van der Waals surface area (Å²) in [6, 6.07) is 9.33. The Bertz CT molecular complexity index is 377. The third-order valence-corrected chi connectivity index (χ3v) is 4.73. The molecular weight excluding hydrogens is 206 g/mol. The third-order valence-electron chi connectivity index (χ3n) is 4.73. The van der Waals surface area contributed by atoms with Crippen molar-refractivity contribution in [2.45, 2.75) is 56.9 Å². The molecule has 2 aliphatic carbocycles. The fourth-order valence-corrected chi connectivity index (χ4v) is 3.01. The molecule has 0 heterocycles. The van der Waals surface area contributed by atoms with Crippen LogP contribution in [0, 0.1) is 5.92 Å². The molecule has 0 saturated heterocycles. The standard InChI is InChI=1S/C16H23N/c17-16(10-12-4-1-5-12)15-9-3-8-14(11-15)13-6-2-7-13/h3,8-9,11-13,16H,1-2,4-7,10,17H2. The van der Waals surface area contributed by atoms with Gasteiger partial charge in [-0.05, 0) is 42.2 Å². The van der Waals surface area contributed by atoms with E-state index in [1.807, 2.05) is 0 Å². The van der Waals surface area contributed by atoms with Crippen molar-refractivity contribution in [2.24, 2.45) is 11.7 Å². The molecule has 2 aliphatic rings.